The molecule has 1 saturated heterocycles. The molecule has 0 saturated carbocycles. The average molecular weight is 367 g/mol. The number of hydrogen-bond donors (Lipinski definition) is 1. The Morgan fingerprint density at radius 2 is 1.74 bits per heavy atom. The number of likely N-dealkylation sites (tertiary alicyclic amines) is 1. The van der Waals surface area contributed by atoms with Crippen molar-refractivity contribution in [2.75, 3.05) is 18.4 Å². The zero-order chi connectivity index (χ0) is 19.4. The van der Waals surface area contributed by atoms with E-state index in [1.165, 1.54) is 24.3 Å². The maximum atomic E-state index is 12.7. The molecule has 3 rings (SSSR count). The summed E-state index contributed by atoms with van der Waals surface area (Å²) in [5, 5.41) is 13.4. The van der Waals surface area contributed by atoms with Crippen LogP contribution in [0.15, 0.2) is 48.5 Å². The van der Waals surface area contributed by atoms with E-state index in [9.17, 15) is 19.7 Å². The maximum absolute atomic E-state index is 12.7. The van der Waals surface area contributed by atoms with Crippen LogP contribution in [-0.2, 0) is 0 Å². The van der Waals surface area contributed by atoms with E-state index in [1.54, 1.807) is 24.3 Å². The van der Waals surface area contributed by atoms with Crippen LogP contribution in [0.2, 0.25) is 0 Å². The first-order valence-electron chi connectivity index (χ1n) is 8.89. The molecule has 0 unspecified atom stereocenters. The first kappa shape index (κ1) is 18.6. The molecule has 0 aliphatic carbocycles. The fraction of sp³-hybridized carbons (Fsp3) is 0.300. The SMILES string of the molecule is CC1CCN(C(=O)c2cccc(NC(=O)c3ccc([N+](=O)[O-])cc3)c2)CC1. The van der Waals surface area contributed by atoms with Gasteiger partial charge in [-0.15, -0.1) is 0 Å². The first-order valence-corrected chi connectivity index (χ1v) is 8.89. The normalized spacial score (nSPS) is 14.6. The Bertz CT molecular complexity index is 856. The van der Waals surface area contributed by atoms with Crippen molar-refractivity contribution in [3.63, 3.8) is 0 Å². The van der Waals surface area contributed by atoms with E-state index in [1.807, 2.05) is 4.90 Å². The summed E-state index contributed by atoms with van der Waals surface area (Å²) < 4.78 is 0. The molecule has 0 atom stereocenters. The average Bonchev–Trinajstić information content (AvgIpc) is 2.68. The Kier molecular flexibility index (Phi) is 5.49. The molecular weight excluding hydrogens is 346 g/mol. The monoisotopic (exact) mass is 367 g/mol. The highest BCUT2D eigenvalue weighted by Gasteiger charge is 2.21. The minimum absolute atomic E-state index is 0.0339. The molecule has 7 heteroatoms. The van der Waals surface area contributed by atoms with Gasteiger partial charge in [-0.2, -0.15) is 0 Å². The molecule has 2 aromatic rings. The van der Waals surface area contributed by atoms with Gasteiger partial charge in [0.25, 0.3) is 17.5 Å². The summed E-state index contributed by atoms with van der Waals surface area (Å²) in [6, 6.07) is 12.2. The number of nitro groups is 1. The van der Waals surface area contributed by atoms with E-state index in [-0.39, 0.29) is 17.5 Å². The molecule has 1 N–H and O–H groups in total. The van der Waals surface area contributed by atoms with Crippen LogP contribution in [-0.4, -0.2) is 34.7 Å². The van der Waals surface area contributed by atoms with Gasteiger partial charge in [0.1, 0.15) is 0 Å². The summed E-state index contributed by atoms with van der Waals surface area (Å²) in [4.78, 5) is 37.0. The van der Waals surface area contributed by atoms with Crippen LogP contribution in [0.25, 0.3) is 0 Å². The van der Waals surface area contributed by atoms with Crippen molar-refractivity contribution in [1.82, 2.24) is 4.90 Å². The van der Waals surface area contributed by atoms with E-state index < -0.39 is 4.92 Å². The minimum atomic E-state index is -0.516. The Balaban J connectivity index is 1.69. The molecule has 1 heterocycles. The Morgan fingerprint density at radius 1 is 1.07 bits per heavy atom. The van der Waals surface area contributed by atoms with Gasteiger partial charge in [0.2, 0.25) is 0 Å². The lowest BCUT2D eigenvalue weighted by Gasteiger charge is -2.30. The molecule has 2 aromatic carbocycles. The molecule has 0 bridgehead atoms. The van der Waals surface area contributed by atoms with Crippen molar-refractivity contribution in [3.8, 4) is 0 Å². The van der Waals surface area contributed by atoms with Gasteiger partial charge >= 0.3 is 0 Å². The molecule has 1 aliphatic heterocycles. The number of non-ortho nitro benzene ring substituents is 1. The molecule has 2 amide bonds. The second kappa shape index (κ2) is 7.99. The highest BCUT2D eigenvalue weighted by molar-refractivity contribution is 6.05. The number of benzene rings is 2. The van der Waals surface area contributed by atoms with Gasteiger partial charge in [0.05, 0.1) is 4.92 Å². The quantitative estimate of drug-likeness (QED) is 0.658. The van der Waals surface area contributed by atoms with Gasteiger partial charge in [0.15, 0.2) is 0 Å². The van der Waals surface area contributed by atoms with Gasteiger partial charge in [-0.3, -0.25) is 19.7 Å². The van der Waals surface area contributed by atoms with E-state index in [0.29, 0.717) is 22.7 Å². The van der Waals surface area contributed by atoms with Crippen LogP contribution in [0.1, 0.15) is 40.5 Å². The summed E-state index contributed by atoms with van der Waals surface area (Å²) in [5.41, 5.74) is 1.28. The molecule has 0 radical (unpaired) electrons. The second-order valence-electron chi connectivity index (χ2n) is 6.81. The van der Waals surface area contributed by atoms with Crippen molar-refractivity contribution in [2.24, 2.45) is 5.92 Å². The number of carbonyl (C=O) groups excluding carboxylic acids is 2. The second-order valence-corrected chi connectivity index (χ2v) is 6.81. The molecule has 0 aromatic heterocycles. The predicted octanol–water partition coefficient (Wildman–Crippen LogP) is 3.72. The molecule has 140 valence electrons. The lowest BCUT2D eigenvalue weighted by Crippen LogP contribution is -2.37. The Morgan fingerprint density at radius 3 is 2.37 bits per heavy atom. The van der Waals surface area contributed by atoms with Gasteiger partial charge in [-0.05, 0) is 49.1 Å². The fourth-order valence-corrected chi connectivity index (χ4v) is 3.06. The molecule has 0 spiro atoms. The van der Waals surface area contributed by atoms with Crippen molar-refractivity contribution < 1.29 is 14.5 Å². The Hall–Kier alpha value is -3.22. The third-order valence-electron chi connectivity index (χ3n) is 4.78. The van der Waals surface area contributed by atoms with Gasteiger partial charge < -0.3 is 10.2 Å². The van der Waals surface area contributed by atoms with E-state index in [2.05, 4.69) is 12.2 Å². The smallest absolute Gasteiger partial charge is 0.269 e. The maximum Gasteiger partial charge on any atom is 0.269 e. The largest absolute Gasteiger partial charge is 0.339 e. The van der Waals surface area contributed by atoms with E-state index >= 15 is 0 Å². The number of hydrogen-bond acceptors (Lipinski definition) is 4. The number of rotatable bonds is 4. The van der Waals surface area contributed by atoms with Gasteiger partial charge in [-0.25, -0.2) is 0 Å². The van der Waals surface area contributed by atoms with E-state index in [4.69, 9.17) is 0 Å². The molecular formula is C20H21N3O4. The molecule has 27 heavy (non-hydrogen) atoms. The number of anilines is 1. The van der Waals surface area contributed by atoms with Crippen LogP contribution < -0.4 is 5.32 Å². The number of nitro benzene ring substituents is 1. The predicted molar refractivity (Wildman–Crippen MR) is 102 cm³/mol. The molecule has 7 nitrogen and oxygen atoms in total. The number of amides is 2. The topological polar surface area (TPSA) is 92.6 Å². The highest BCUT2D eigenvalue weighted by Crippen LogP contribution is 2.20. The Labute approximate surface area is 157 Å². The van der Waals surface area contributed by atoms with Crippen molar-refractivity contribution >= 4 is 23.2 Å². The number of nitrogens with one attached hydrogen (secondary N) is 1. The zero-order valence-corrected chi connectivity index (χ0v) is 15.1. The summed E-state index contributed by atoms with van der Waals surface area (Å²) >= 11 is 0. The summed E-state index contributed by atoms with van der Waals surface area (Å²) in [6.07, 6.45) is 2.00. The standard InChI is InChI=1S/C20H21N3O4/c1-14-9-11-22(12-10-14)20(25)16-3-2-4-17(13-16)21-19(24)15-5-7-18(8-6-15)23(26)27/h2-8,13-14H,9-12H2,1H3,(H,21,24). The third kappa shape index (κ3) is 4.49. The summed E-state index contributed by atoms with van der Waals surface area (Å²) in [5.74, 6) is 0.219. The van der Waals surface area contributed by atoms with Crippen LogP contribution in [0.4, 0.5) is 11.4 Å². The third-order valence-corrected chi connectivity index (χ3v) is 4.78. The van der Waals surface area contributed by atoms with Gasteiger partial charge in [-0.1, -0.05) is 13.0 Å². The zero-order valence-electron chi connectivity index (χ0n) is 15.1. The number of piperidine rings is 1. The summed E-state index contributed by atoms with van der Waals surface area (Å²) in [6.45, 7) is 3.69. The van der Waals surface area contributed by atoms with Gasteiger partial charge in [0, 0.05) is 42.0 Å². The fourth-order valence-electron chi connectivity index (χ4n) is 3.06. The summed E-state index contributed by atoms with van der Waals surface area (Å²) in [7, 11) is 0. The lowest BCUT2D eigenvalue weighted by atomic mass is 9.98. The van der Waals surface area contributed by atoms with E-state index in [0.717, 1.165) is 25.9 Å². The molecule has 1 fully saturated rings. The lowest BCUT2D eigenvalue weighted by molar-refractivity contribution is -0.384. The first-order chi connectivity index (χ1) is 12.9. The van der Waals surface area contributed by atoms with Crippen LogP contribution >= 0.6 is 0 Å². The highest BCUT2D eigenvalue weighted by atomic mass is 16.6. The van der Waals surface area contributed by atoms with Crippen molar-refractivity contribution in [1.29, 1.82) is 0 Å². The van der Waals surface area contributed by atoms with Crippen LogP contribution in [0.3, 0.4) is 0 Å². The van der Waals surface area contributed by atoms with Crippen LogP contribution in [0, 0.1) is 16.0 Å². The van der Waals surface area contributed by atoms with Crippen molar-refractivity contribution in [3.05, 3.63) is 69.8 Å². The van der Waals surface area contributed by atoms with Crippen molar-refractivity contribution in [2.45, 2.75) is 19.8 Å². The molecule has 1 aliphatic rings. The number of nitrogens with zero attached hydrogens (tertiary/aromatic N) is 2. The van der Waals surface area contributed by atoms with Crippen LogP contribution in [0.5, 0.6) is 0 Å². The minimum Gasteiger partial charge on any atom is -0.339 e. The number of carbonyl (C=O) groups is 2.